The van der Waals surface area contributed by atoms with Crippen molar-refractivity contribution in [3.05, 3.63) is 40.0 Å². The number of alkyl halides is 1. The second kappa shape index (κ2) is 3.99. The van der Waals surface area contributed by atoms with Gasteiger partial charge in [0.2, 0.25) is 0 Å². The fourth-order valence-electron chi connectivity index (χ4n) is 1.77. The summed E-state index contributed by atoms with van der Waals surface area (Å²) in [5.74, 6) is 0.398. The quantitative estimate of drug-likeness (QED) is 0.536. The largest absolute Gasteiger partial charge is 0.235 e. The predicted molar refractivity (Wildman–Crippen MR) is 65.8 cm³/mol. The van der Waals surface area contributed by atoms with E-state index in [1.54, 1.807) is 0 Å². The number of aryl methyl sites for hydroxylation is 2. The first-order chi connectivity index (χ1) is 7.11. The Kier molecular flexibility index (Phi) is 2.85. The van der Waals surface area contributed by atoms with Crippen molar-refractivity contribution in [3.8, 4) is 0 Å². The lowest BCUT2D eigenvalue weighted by molar-refractivity contribution is 1.28. The van der Waals surface area contributed by atoms with Crippen LogP contribution < -0.4 is 0 Å². The van der Waals surface area contributed by atoms with Gasteiger partial charge in [0.25, 0.3) is 0 Å². The number of hydrogen-bond acceptors (Lipinski definition) is 1. The van der Waals surface area contributed by atoms with Crippen LogP contribution in [0.3, 0.4) is 0 Å². The molecule has 0 bridgehead atoms. The monoisotopic (exact) mass is 239 g/mol. The third-order valence-electron chi connectivity index (χ3n) is 2.42. The molecule has 1 nitrogen and oxygen atoms in total. The minimum atomic E-state index is 0.398. The van der Waals surface area contributed by atoms with Crippen molar-refractivity contribution in [1.82, 2.24) is 4.98 Å². The lowest BCUT2D eigenvalue weighted by Gasteiger charge is -2.06. The molecule has 0 fully saturated rings. The van der Waals surface area contributed by atoms with E-state index in [-0.39, 0.29) is 0 Å². The smallest absolute Gasteiger partial charge is 0.134 e. The topological polar surface area (TPSA) is 12.9 Å². The van der Waals surface area contributed by atoms with Crippen molar-refractivity contribution < 1.29 is 0 Å². The van der Waals surface area contributed by atoms with Gasteiger partial charge >= 0.3 is 0 Å². The van der Waals surface area contributed by atoms with E-state index in [2.05, 4.69) is 24.0 Å². The Labute approximate surface area is 99.0 Å². The minimum absolute atomic E-state index is 0.398. The predicted octanol–water partition coefficient (Wildman–Crippen LogP) is 4.24. The summed E-state index contributed by atoms with van der Waals surface area (Å²) < 4.78 is 0. The van der Waals surface area contributed by atoms with E-state index in [1.165, 1.54) is 5.56 Å². The summed E-state index contributed by atoms with van der Waals surface area (Å²) in [4.78, 5) is 4.37. The van der Waals surface area contributed by atoms with Gasteiger partial charge in [-0.3, -0.25) is 0 Å². The molecule has 0 radical (unpaired) electrons. The van der Waals surface area contributed by atoms with E-state index >= 15 is 0 Å². The van der Waals surface area contributed by atoms with Crippen LogP contribution in [0.15, 0.2) is 18.2 Å². The van der Waals surface area contributed by atoms with Gasteiger partial charge in [0, 0.05) is 10.9 Å². The summed E-state index contributed by atoms with van der Waals surface area (Å²) in [5, 5.41) is 1.61. The molecule has 0 aliphatic rings. The zero-order valence-corrected chi connectivity index (χ0v) is 10.2. The number of pyridine rings is 1. The number of fused-ring (bicyclic) bond motifs is 1. The molecular weight excluding hydrogens is 229 g/mol. The highest BCUT2D eigenvalue weighted by Gasteiger charge is 2.06. The highest BCUT2D eigenvalue weighted by atomic mass is 35.5. The lowest BCUT2D eigenvalue weighted by atomic mass is 10.1. The summed E-state index contributed by atoms with van der Waals surface area (Å²) in [6.07, 6.45) is 0. The molecule has 0 unspecified atom stereocenters. The van der Waals surface area contributed by atoms with Crippen LogP contribution in [0.1, 0.15) is 16.7 Å². The van der Waals surface area contributed by atoms with Crippen LogP contribution in [-0.4, -0.2) is 4.98 Å². The first-order valence-corrected chi connectivity index (χ1v) is 5.65. The van der Waals surface area contributed by atoms with Gasteiger partial charge in [-0.2, -0.15) is 0 Å². The fraction of sp³-hybridized carbons (Fsp3) is 0.250. The van der Waals surface area contributed by atoms with Gasteiger partial charge in [0.1, 0.15) is 5.15 Å². The van der Waals surface area contributed by atoms with Gasteiger partial charge < -0.3 is 0 Å². The first kappa shape index (κ1) is 10.7. The molecule has 0 amide bonds. The molecule has 0 aliphatic carbocycles. The molecule has 1 heterocycles. The van der Waals surface area contributed by atoms with Crippen LogP contribution in [0.25, 0.3) is 10.9 Å². The second-order valence-electron chi connectivity index (χ2n) is 3.73. The zero-order chi connectivity index (χ0) is 11.0. The fourth-order valence-corrected chi connectivity index (χ4v) is 2.24. The minimum Gasteiger partial charge on any atom is -0.235 e. The van der Waals surface area contributed by atoms with Crippen LogP contribution in [-0.2, 0) is 5.88 Å². The van der Waals surface area contributed by atoms with Gasteiger partial charge in [-0.05, 0) is 31.5 Å². The van der Waals surface area contributed by atoms with Crippen LogP contribution in [0, 0.1) is 13.8 Å². The molecule has 78 valence electrons. The third-order valence-corrected chi connectivity index (χ3v) is 3.04. The zero-order valence-electron chi connectivity index (χ0n) is 8.64. The summed E-state index contributed by atoms with van der Waals surface area (Å²) in [5.41, 5.74) is 4.22. The average Bonchev–Trinajstić information content (AvgIpc) is 2.18. The number of hydrogen-bond donors (Lipinski definition) is 0. The molecule has 3 heteroatoms. The SMILES string of the molecule is Cc1cc(C)c2nc(Cl)c(CCl)cc2c1. The van der Waals surface area contributed by atoms with Crippen molar-refractivity contribution in [3.63, 3.8) is 0 Å². The molecular formula is C12H11Cl2N. The van der Waals surface area contributed by atoms with Crippen molar-refractivity contribution in [2.24, 2.45) is 0 Å². The Hall–Kier alpha value is -0.790. The maximum atomic E-state index is 6.02. The molecule has 2 rings (SSSR count). The maximum absolute atomic E-state index is 6.02. The van der Waals surface area contributed by atoms with E-state index in [4.69, 9.17) is 23.2 Å². The Morgan fingerprint density at radius 2 is 1.93 bits per heavy atom. The van der Waals surface area contributed by atoms with Gasteiger partial charge in [-0.15, -0.1) is 11.6 Å². The van der Waals surface area contributed by atoms with Crippen LogP contribution in [0.4, 0.5) is 0 Å². The molecule has 2 aromatic rings. The van der Waals surface area contributed by atoms with E-state index in [0.717, 1.165) is 22.0 Å². The number of aromatic nitrogens is 1. The van der Waals surface area contributed by atoms with Gasteiger partial charge in [-0.25, -0.2) is 4.98 Å². The van der Waals surface area contributed by atoms with Crippen molar-refractivity contribution in [1.29, 1.82) is 0 Å². The molecule has 0 N–H and O–H groups in total. The molecule has 1 aromatic heterocycles. The Morgan fingerprint density at radius 1 is 1.20 bits per heavy atom. The maximum Gasteiger partial charge on any atom is 0.134 e. The summed E-state index contributed by atoms with van der Waals surface area (Å²) in [6.45, 7) is 4.11. The van der Waals surface area contributed by atoms with E-state index in [0.29, 0.717) is 11.0 Å². The highest BCUT2D eigenvalue weighted by Crippen LogP contribution is 2.25. The van der Waals surface area contributed by atoms with Crippen LogP contribution >= 0.6 is 23.2 Å². The third kappa shape index (κ3) is 1.95. The number of nitrogens with zero attached hydrogens (tertiary/aromatic N) is 1. The molecule has 15 heavy (non-hydrogen) atoms. The van der Waals surface area contributed by atoms with Crippen molar-refractivity contribution in [2.45, 2.75) is 19.7 Å². The lowest BCUT2D eigenvalue weighted by Crippen LogP contribution is -1.90. The Bertz CT molecular complexity index is 521. The molecule has 0 saturated carbocycles. The Morgan fingerprint density at radius 3 is 2.60 bits per heavy atom. The number of halogens is 2. The molecule has 0 atom stereocenters. The molecule has 0 saturated heterocycles. The van der Waals surface area contributed by atoms with Crippen LogP contribution in [0.5, 0.6) is 0 Å². The summed E-state index contributed by atoms with van der Waals surface area (Å²) >= 11 is 11.8. The van der Waals surface area contributed by atoms with Gasteiger partial charge in [-0.1, -0.05) is 23.2 Å². The Balaban J connectivity index is 2.81. The van der Waals surface area contributed by atoms with Gasteiger partial charge in [0.05, 0.1) is 11.4 Å². The van der Waals surface area contributed by atoms with E-state index in [1.807, 2.05) is 13.0 Å². The normalized spacial score (nSPS) is 10.9. The number of rotatable bonds is 1. The second-order valence-corrected chi connectivity index (χ2v) is 4.35. The molecule has 1 aromatic carbocycles. The highest BCUT2D eigenvalue weighted by molar-refractivity contribution is 6.31. The molecule has 0 spiro atoms. The van der Waals surface area contributed by atoms with Crippen LogP contribution in [0.2, 0.25) is 5.15 Å². The van der Waals surface area contributed by atoms with E-state index < -0.39 is 0 Å². The number of benzene rings is 1. The van der Waals surface area contributed by atoms with Crippen molar-refractivity contribution in [2.75, 3.05) is 0 Å². The van der Waals surface area contributed by atoms with E-state index in [9.17, 15) is 0 Å². The molecule has 0 aliphatic heterocycles. The summed E-state index contributed by atoms with van der Waals surface area (Å²) in [7, 11) is 0. The van der Waals surface area contributed by atoms with Gasteiger partial charge in [0.15, 0.2) is 0 Å². The first-order valence-electron chi connectivity index (χ1n) is 4.74. The van der Waals surface area contributed by atoms with Crippen molar-refractivity contribution >= 4 is 34.1 Å². The summed E-state index contributed by atoms with van der Waals surface area (Å²) in [6, 6.07) is 6.21. The standard InChI is InChI=1S/C12H11Cl2N/c1-7-3-8(2)11-9(4-7)5-10(6-13)12(14)15-11/h3-5H,6H2,1-2H3. The average molecular weight is 240 g/mol.